The molecule has 1 heterocycles. The van der Waals surface area contributed by atoms with Crippen molar-refractivity contribution in [2.45, 2.75) is 24.0 Å². The fraction of sp³-hybridized carbons (Fsp3) is 0.316. The van der Waals surface area contributed by atoms with E-state index in [1.807, 2.05) is 30.3 Å². The third-order valence-electron chi connectivity index (χ3n) is 3.80. The Bertz CT molecular complexity index is 742. The van der Waals surface area contributed by atoms with Crippen LogP contribution in [0.5, 0.6) is 17.2 Å². The number of ether oxygens (including phenoxy) is 3. The van der Waals surface area contributed by atoms with Crippen LogP contribution in [-0.4, -0.2) is 26.1 Å². The number of methoxy groups -OCH3 is 1. The highest BCUT2D eigenvalue weighted by atomic mass is 32.2. The zero-order chi connectivity index (χ0) is 16.9. The van der Waals surface area contributed by atoms with Crippen LogP contribution in [0.2, 0.25) is 0 Å². The maximum atomic E-state index is 11.6. The molecule has 2 aromatic rings. The molecule has 2 aromatic carbocycles. The number of carbonyl (C=O) groups excluding carboxylic acids is 1. The summed E-state index contributed by atoms with van der Waals surface area (Å²) in [6.45, 7) is 2.94. The van der Waals surface area contributed by atoms with Crippen molar-refractivity contribution < 1.29 is 19.0 Å². The first-order valence-corrected chi connectivity index (χ1v) is 8.86. The Morgan fingerprint density at radius 2 is 1.92 bits per heavy atom. The van der Waals surface area contributed by atoms with Gasteiger partial charge in [0.05, 0.1) is 20.3 Å². The minimum absolute atomic E-state index is 0.0551. The van der Waals surface area contributed by atoms with Gasteiger partial charge in [-0.1, -0.05) is 0 Å². The van der Waals surface area contributed by atoms with Crippen LogP contribution in [0.25, 0.3) is 0 Å². The number of thioether (sulfide) groups is 1. The van der Waals surface area contributed by atoms with Gasteiger partial charge in [0.25, 0.3) is 0 Å². The molecule has 5 heteroatoms. The van der Waals surface area contributed by atoms with Gasteiger partial charge in [0.1, 0.15) is 5.75 Å². The first kappa shape index (κ1) is 16.7. The van der Waals surface area contributed by atoms with Gasteiger partial charge >= 0.3 is 0 Å². The highest BCUT2D eigenvalue weighted by molar-refractivity contribution is 7.98. The van der Waals surface area contributed by atoms with E-state index in [4.69, 9.17) is 14.2 Å². The number of ketones is 1. The lowest BCUT2D eigenvalue weighted by atomic mass is 10.1. The lowest BCUT2D eigenvalue weighted by Crippen LogP contribution is -1.97. The highest BCUT2D eigenvalue weighted by Crippen LogP contribution is 2.36. The summed E-state index contributed by atoms with van der Waals surface area (Å²) in [7, 11) is 1.64. The molecule has 4 nitrogen and oxygen atoms in total. The number of rotatable bonds is 5. The largest absolute Gasteiger partial charge is 0.496 e. The van der Waals surface area contributed by atoms with Crippen LogP contribution < -0.4 is 14.2 Å². The fourth-order valence-electron chi connectivity index (χ4n) is 2.50. The summed E-state index contributed by atoms with van der Waals surface area (Å²) in [4.78, 5) is 12.7. The molecule has 0 unspecified atom stereocenters. The molecule has 24 heavy (non-hydrogen) atoms. The van der Waals surface area contributed by atoms with Crippen LogP contribution in [0.3, 0.4) is 0 Å². The van der Waals surface area contributed by atoms with Crippen LogP contribution in [0.4, 0.5) is 0 Å². The molecular weight excluding hydrogens is 324 g/mol. The first-order chi connectivity index (χ1) is 11.7. The average Bonchev–Trinajstić information content (AvgIpc) is 2.84. The van der Waals surface area contributed by atoms with E-state index < -0.39 is 0 Å². The summed E-state index contributed by atoms with van der Waals surface area (Å²) in [6, 6.07) is 11.5. The Balaban J connectivity index is 1.77. The zero-order valence-electron chi connectivity index (χ0n) is 13.8. The average molecular weight is 344 g/mol. The Morgan fingerprint density at radius 1 is 1.12 bits per heavy atom. The van der Waals surface area contributed by atoms with Gasteiger partial charge in [-0.25, -0.2) is 0 Å². The predicted octanol–water partition coefficient (Wildman–Crippen LogP) is 4.35. The number of carbonyl (C=O) groups is 1. The van der Waals surface area contributed by atoms with E-state index >= 15 is 0 Å². The maximum absolute atomic E-state index is 11.6. The Kier molecular flexibility index (Phi) is 5.30. The smallest absolute Gasteiger partial charge is 0.162 e. The fourth-order valence-corrected chi connectivity index (χ4v) is 3.41. The quantitative estimate of drug-likeness (QED) is 0.596. The van der Waals surface area contributed by atoms with Gasteiger partial charge in [-0.3, -0.25) is 4.79 Å². The summed E-state index contributed by atoms with van der Waals surface area (Å²) in [5.41, 5.74) is 1.70. The van der Waals surface area contributed by atoms with Crippen molar-refractivity contribution in [2.75, 3.05) is 20.3 Å². The van der Waals surface area contributed by atoms with Crippen molar-refractivity contribution in [1.29, 1.82) is 0 Å². The molecule has 0 saturated heterocycles. The van der Waals surface area contributed by atoms with Crippen LogP contribution in [0.1, 0.15) is 29.3 Å². The van der Waals surface area contributed by atoms with Crippen molar-refractivity contribution in [3.05, 3.63) is 47.5 Å². The lowest BCUT2D eigenvalue weighted by molar-refractivity contribution is 0.101. The number of Topliss-reactive ketones (excluding diaryl/α,β-unsaturated/α-hetero) is 1. The molecule has 0 bridgehead atoms. The number of fused-ring (bicyclic) bond motifs is 1. The number of hydrogen-bond acceptors (Lipinski definition) is 5. The second kappa shape index (κ2) is 7.62. The summed E-state index contributed by atoms with van der Waals surface area (Å²) >= 11 is 1.68. The monoisotopic (exact) mass is 344 g/mol. The Morgan fingerprint density at radius 3 is 2.67 bits per heavy atom. The van der Waals surface area contributed by atoms with Crippen LogP contribution in [0.15, 0.2) is 41.3 Å². The molecule has 0 amide bonds. The summed E-state index contributed by atoms with van der Waals surface area (Å²) in [6.07, 6.45) is 0.895. The molecule has 0 fully saturated rings. The Labute approximate surface area is 146 Å². The summed E-state index contributed by atoms with van der Waals surface area (Å²) < 4.78 is 16.8. The standard InChI is InChI=1S/C19H20O4S/c1-13(20)14-4-6-17(21-2)15(10-14)12-24-16-5-7-18-19(11-16)23-9-3-8-22-18/h4-7,10-11H,3,8-9,12H2,1-2H3. The molecule has 1 aliphatic heterocycles. The molecular formula is C19H20O4S. The van der Waals surface area contributed by atoms with Crippen molar-refractivity contribution >= 4 is 17.5 Å². The number of hydrogen-bond donors (Lipinski definition) is 0. The van der Waals surface area contributed by atoms with E-state index in [9.17, 15) is 4.79 Å². The van der Waals surface area contributed by atoms with Crippen molar-refractivity contribution in [1.82, 2.24) is 0 Å². The van der Waals surface area contributed by atoms with Crippen molar-refractivity contribution in [3.8, 4) is 17.2 Å². The third-order valence-corrected chi connectivity index (χ3v) is 4.84. The second-order valence-electron chi connectivity index (χ2n) is 5.53. The lowest BCUT2D eigenvalue weighted by Gasteiger charge is -2.11. The molecule has 0 saturated carbocycles. The van der Waals surface area contributed by atoms with E-state index in [0.717, 1.165) is 34.1 Å². The summed E-state index contributed by atoms with van der Waals surface area (Å²) in [5.74, 6) is 3.15. The molecule has 0 spiro atoms. The number of benzene rings is 2. The molecule has 126 valence electrons. The first-order valence-electron chi connectivity index (χ1n) is 7.87. The van der Waals surface area contributed by atoms with Gasteiger partial charge < -0.3 is 14.2 Å². The van der Waals surface area contributed by atoms with E-state index in [2.05, 4.69) is 0 Å². The molecule has 1 aliphatic rings. The van der Waals surface area contributed by atoms with E-state index in [1.54, 1.807) is 31.9 Å². The predicted molar refractivity (Wildman–Crippen MR) is 94.6 cm³/mol. The van der Waals surface area contributed by atoms with Crippen LogP contribution in [0, 0.1) is 0 Å². The zero-order valence-corrected chi connectivity index (χ0v) is 14.7. The SMILES string of the molecule is COc1ccc(C(C)=O)cc1CSc1ccc2c(c1)OCCCO2. The molecule has 0 aromatic heterocycles. The van der Waals surface area contributed by atoms with Crippen molar-refractivity contribution in [2.24, 2.45) is 0 Å². The summed E-state index contributed by atoms with van der Waals surface area (Å²) in [5, 5.41) is 0. The molecule has 0 atom stereocenters. The van der Waals surface area contributed by atoms with Crippen LogP contribution in [-0.2, 0) is 5.75 Å². The van der Waals surface area contributed by atoms with E-state index in [1.165, 1.54) is 0 Å². The molecule has 3 rings (SSSR count). The maximum Gasteiger partial charge on any atom is 0.162 e. The van der Waals surface area contributed by atoms with Crippen molar-refractivity contribution in [3.63, 3.8) is 0 Å². The van der Waals surface area contributed by atoms with Gasteiger partial charge in [0, 0.05) is 28.2 Å². The third kappa shape index (κ3) is 3.85. The normalized spacial score (nSPS) is 13.2. The van der Waals surface area contributed by atoms with E-state index in [0.29, 0.717) is 24.5 Å². The van der Waals surface area contributed by atoms with Gasteiger partial charge in [0.15, 0.2) is 17.3 Å². The minimum Gasteiger partial charge on any atom is -0.496 e. The van der Waals surface area contributed by atoms with Gasteiger partial charge in [-0.05, 0) is 43.3 Å². The van der Waals surface area contributed by atoms with Gasteiger partial charge in [0.2, 0.25) is 0 Å². The second-order valence-corrected chi connectivity index (χ2v) is 6.58. The highest BCUT2D eigenvalue weighted by Gasteiger charge is 2.12. The minimum atomic E-state index is 0.0551. The Hall–Kier alpha value is -2.14. The van der Waals surface area contributed by atoms with Crippen LogP contribution >= 0.6 is 11.8 Å². The molecule has 0 aliphatic carbocycles. The topological polar surface area (TPSA) is 44.8 Å². The van der Waals surface area contributed by atoms with Gasteiger partial charge in [-0.2, -0.15) is 0 Å². The molecule has 0 N–H and O–H groups in total. The van der Waals surface area contributed by atoms with Gasteiger partial charge in [-0.15, -0.1) is 11.8 Å². The van der Waals surface area contributed by atoms with E-state index in [-0.39, 0.29) is 5.78 Å². The molecule has 0 radical (unpaired) electrons.